The smallest absolute Gasteiger partial charge is 0.250 e. The lowest BCUT2D eigenvalue weighted by Gasteiger charge is -2.17. The number of amides is 1. The molecule has 1 aromatic carbocycles. The second-order valence-electron chi connectivity index (χ2n) is 6.53. The summed E-state index contributed by atoms with van der Waals surface area (Å²) in [7, 11) is 1.31. The van der Waals surface area contributed by atoms with Crippen molar-refractivity contribution in [2.75, 3.05) is 12.4 Å². The first-order valence-electron chi connectivity index (χ1n) is 8.91. The van der Waals surface area contributed by atoms with Crippen molar-refractivity contribution in [2.24, 2.45) is 5.73 Å². The van der Waals surface area contributed by atoms with Gasteiger partial charge < -0.3 is 15.8 Å². The minimum absolute atomic E-state index is 0.00891. The first-order chi connectivity index (χ1) is 14.4. The number of fused-ring (bicyclic) bond motifs is 1. The van der Waals surface area contributed by atoms with E-state index in [0.717, 1.165) is 0 Å². The molecular weight excluding hydrogens is 416 g/mol. The van der Waals surface area contributed by atoms with Crippen molar-refractivity contribution in [2.45, 2.75) is 12.8 Å². The summed E-state index contributed by atoms with van der Waals surface area (Å²) in [6, 6.07) is 4.65. The van der Waals surface area contributed by atoms with Crippen molar-refractivity contribution in [3.05, 3.63) is 70.5 Å². The average molecular weight is 432 g/mol. The number of nitrogens with one attached hydrogen (secondary N) is 1. The summed E-state index contributed by atoms with van der Waals surface area (Å²) in [6.07, 6.45) is 5.10. The maximum atomic E-state index is 14.6. The monoisotopic (exact) mass is 431 g/mol. The first kappa shape index (κ1) is 19.8. The molecule has 2 aromatic heterocycles. The Bertz CT molecular complexity index is 1240. The molecule has 0 bridgehead atoms. The van der Waals surface area contributed by atoms with Crippen LogP contribution in [-0.2, 0) is 4.74 Å². The van der Waals surface area contributed by atoms with Crippen LogP contribution in [0.1, 0.15) is 28.9 Å². The SMILES string of the molecule is COC1=C(F)C(F)=C(c2cnc3c(Nc4ccc(C(N)=O)c(Cl)c4)nccn23)CC1. The molecule has 154 valence electrons. The van der Waals surface area contributed by atoms with Crippen LogP contribution < -0.4 is 11.1 Å². The van der Waals surface area contributed by atoms with Crippen LogP contribution in [0.5, 0.6) is 0 Å². The zero-order chi connectivity index (χ0) is 21.4. The van der Waals surface area contributed by atoms with Crippen LogP contribution in [0.3, 0.4) is 0 Å². The number of benzene rings is 1. The highest BCUT2D eigenvalue weighted by atomic mass is 35.5. The molecule has 4 rings (SSSR count). The van der Waals surface area contributed by atoms with Crippen LogP contribution in [0.2, 0.25) is 5.02 Å². The summed E-state index contributed by atoms with van der Waals surface area (Å²) in [5, 5.41) is 3.25. The first-order valence-corrected chi connectivity index (χ1v) is 9.29. The standard InChI is InChI=1S/C20H16ClF2N5O2/c1-30-15-5-4-12(16(22)17(15)23)14-9-26-20-19(25-6-7-28(14)20)27-10-2-3-11(18(24)29)13(21)8-10/h2-3,6-9H,4-5H2,1H3,(H2,24,29)(H,25,27). The van der Waals surface area contributed by atoms with Gasteiger partial charge in [-0.3, -0.25) is 9.20 Å². The van der Waals surface area contributed by atoms with Gasteiger partial charge in [0.2, 0.25) is 5.91 Å². The number of nitrogens with two attached hydrogens (primary N) is 1. The van der Waals surface area contributed by atoms with Crippen molar-refractivity contribution in [1.29, 1.82) is 0 Å². The van der Waals surface area contributed by atoms with E-state index in [1.165, 1.54) is 31.6 Å². The van der Waals surface area contributed by atoms with Gasteiger partial charge in [0, 0.05) is 30.1 Å². The summed E-state index contributed by atoms with van der Waals surface area (Å²) in [4.78, 5) is 19.9. The van der Waals surface area contributed by atoms with E-state index >= 15 is 0 Å². The van der Waals surface area contributed by atoms with Crippen molar-refractivity contribution in [1.82, 2.24) is 14.4 Å². The molecule has 1 aliphatic rings. The fourth-order valence-electron chi connectivity index (χ4n) is 3.31. The number of hydrogen-bond acceptors (Lipinski definition) is 5. The van der Waals surface area contributed by atoms with Gasteiger partial charge in [-0.2, -0.15) is 0 Å². The van der Waals surface area contributed by atoms with E-state index in [2.05, 4.69) is 15.3 Å². The van der Waals surface area contributed by atoms with Crippen LogP contribution >= 0.6 is 11.6 Å². The minimum atomic E-state index is -0.995. The molecule has 0 saturated heterocycles. The Hall–Kier alpha value is -3.46. The number of hydrogen-bond donors (Lipinski definition) is 2. The summed E-state index contributed by atoms with van der Waals surface area (Å²) in [6.45, 7) is 0. The Kier molecular flexibility index (Phi) is 5.13. The number of nitrogens with zero attached hydrogens (tertiary/aromatic N) is 3. The van der Waals surface area contributed by atoms with E-state index < -0.39 is 17.6 Å². The Balaban J connectivity index is 1.73. The molecule has 0 aliphatic heterocycles. The Morgan fingerprint density at radius 2 is 2.07 bits per heavy atom. The van der Waals surface area contributed by atoms with Gasteiger partial charge in [-0.15, -0.1) is 0 Å². The number of primary amides is 1. The lowest BCUT2D eigenvalue weighted by molar-refractivity contribution is 0.100. The number of carbonyl (C=O) groups excluding carboxylic acids is 1. The lowest BCUT2D eigenvalue weighted by Crippen LogP contribution is -2.11. The van der Waals surface area contributed by atoms with Crippen molar-refractivity contribution in [3.8, 4) is 0 Å². The number of imidazole rings is 1. The maximum absolute atomic E-state index is 14.6. The van der Waals surface area contributed by atoms with Gasteiger partial charge in [0.25, 0.3) is 0 Å². The number of anilines is 2. The molecule has 0 saturated carbocycles. The summed E-state index contributed by atoms with van der Waals surface area (Å²) in [5.74, 6) is -2.22. The Morgan fingerprint density at radius 1 is 1.27 bits per heavy atom. The van der Waals surface area contributed by atoms with Gasteiger partial charge in [-0.25, -0.2) is 18.7 Å². The normalized spacial score (nSPS) is 14.4. The zero-order valence-electron chi connectivity index (χ0n) is 15.7. The van der Waals surface area contributed by atoms with Crippen LogP contribution in [0.25, 0.3) is 11.2 Å². The van der Waals surface area contributed by atoms with Gasteiger partial charge >= 0.3 is 0 Å². The minimum Gasteiger partial charge on any atom is -0.498 e. The molecule has 3 N–H and O–H groups in total. The van der Waals surface area contributed by atoms with E-state index in [1.807, 2.05) is 0 Å². The topological polar surface area (TPSA) is 94.5 Å². The highest BCUT2D eigenvalue weighted by Gasteiger charge is 2.26. The van der Waals surface area contributed by atoms with Crippen molar-refractivity contribution >= 4 is 40.2 Å². The second kappa shape index (κ2) is 7.75. The third kappa shape index (κ3) is 3.37. The van der Waals surface area contributed by atoms with E-state index in [-0.39, 0.29) is 34.8 Å². The second-order valence-corrected chi connectivity index (χ2v) is 6.94. The summed E-state index contributed by atoms with van der Waals surface area (Å²) in [5.41, 5.74) is 7.04. The third-order valence-corrected chi connectivity index (χ3v) is 5.10. The molecular formula is C20H16ClF2N5O2. The highest BCUT2D eigenvalue weighted by molar-refractivity contribution is 6.34. The van der Waals surface area contributed by atoms with Crippen LogP contribution in [-0.4, -0.2) is 27.4 Å². The lowest BCUT2D eigenvalue weighted by atomic mass is 9.99. The predicted molar refractivity (Wildman–Crippen MR) is 109 cm³/mol. The Labute approximate surface area is 174 Å². The molecule has 1 aliphatic carbocycles. The van der Waals surface area contributed by atoms with Crippen LogP contribution in [0, 0.1) is 0 Å². The number of rotatable bonds is 5. The van der Waals surface area contributed by atoms with E-state index in [1.54, 1.807) is 16.7 Å². The fourth-order valence-corrected chi connectivity index (χ4v) is 3.58. The third-order valence-electron chi connectivity index (χ3n) is 4.79. The molecule has 3 aromatic rings. The Morgan fingerprint density at radius 3 is 2.77 bits per heavy atom. The number of carbonyl (C=O) groups is 1. The number of methoxy groups -OCH3 is 1. The molecule has 7 nitrogen and oxygen atoms in total. The molecule has 0 unspecified atom stereocenters. The molecule has 0 fully saturated rings. The number of ether oxygens (including phenoxy) is 1. The zero-order valence-corrected chi connectivity index (χ0v) is 16.5. The molecule has 0 spiro atoms. The van der Waals surface area contributed by atoms with Crippen molar-refractivity contribution in [3.63, 3.8) is 0 Å². The summed E-state index contributed by atoms with van der Waals surface area (Å²) < 4.78 is 35.3. The van der Waals surface area contributed by atoms with Crippen LogP contribution in [0.4, 0.5) is 20.3 Å². The highest BCUT2D eigenvalue weighted by Crippen LogP contribution is 2.38. The predicted octanol–water partition coefficient (Wildman–Crippen LogP) is 4.53. The van der Waals surface area contributed by atoms with Gasteiger partial charge in [0.15, 0.2) is 23.1 Å². The number of halogens is 3. The quantitative estimate of drug-likeness (QED) is 0.619. The fraction of sp³-hybridized carbons (Fsp3) is 0.150. The van der Waals surface area contributed by atoms with Gasteiger partial charge in [-0.1, -0.05) is 11.6 Å². The maximum Gasteiger partial charge on any atom is 0.250 e. The molecule has 1 amide bonds. The van der Waals surface area contributed by atoms with Crippen LogP contribution in [0.15, 0.2) is 54.2 Å². The van der Waals surface area contributed by atoms with Gasteiger partial charge in [0.05, 0.1) is 29.6 Å². The van der Waals surface area contributed by atoms with E-state index in [0.29, 0.717) is 22.8 Å². The molecule has 2 heterocycles. The van der Waals surface area contributed by atoms with E-state index in [4.69, 9.17) is 22.1 Å². The molecule has 30 heavy (non-hydrogen) atoms. The van der Waals surface area contributed by atoms with Gasteiger partial charge in [-0.05, 0) is 24.6 Å². The number of aromatic nitrogens is 3. The number of allylic oxidation sites excluding steroid dienone is 4. The van der Waals surface area contributed by atoms with Gasteiger partial charge in [0.1, 0.15) is 5.76 Å². The molecule has 0 atom stereocenters. The van der Waals surface area contributed by atoms with E-state index in [9.17, 15) is 13.6 Å². The molecule has 0 radical (unpaired) electrons. The molecule has 10 heteroatoms. The summed E-state index contributed by atoms with van der Waals surface area (Å²) >= 11 is 6.09. The average Bonchev–Trinajstić information content (AvgIpc) is 3.15. The van der Waals surface area contributed by atoms with Crippen molar-refractivity contribution < 1.29 is 18.3 Å². The largest absolute Gasteiger partial charge is 0.498 e.